The molecule has 1 aromatic rings. The van der Waals surface area contributed by atoms with Crippen LogP contribution in [0.3, 0.4) is 0 Å². The summed E-state index contributed by atoms with van der Waals surface area (Å²) in [4.78, 5) is 18.6. The van der Waals surface area contributed by atoms with Crippen molar-refractivity contribution in [3.8, 4) is 5.75 Å². The average molecular weight is 359 g/mol. The van der Waals surface area contributed by atoms with Crippen LogP contribution in [0.25, 0.3) is 6.08 Å². The van der Waals surface area contributed by atoms with E-state index in [1.54, 1.807) is 18.2 Å². The lowest BCUT2D eigenvalue weighted by Crippen LogP contribution is -2.38. The van der Waals surface area contributed by atoms with Gasteiger partial charge in [0.25, 0.3) is 5.91 Å². The Balaban J connectivity index is 1.80. The first-order valence-corrected chi connectivity index (χ1v) is 8.15. The number of hydrogen-bond donors (Lipinski definition) is 1. The van der Waals surface area contributed by atoms with Gasteiger partial charge < -0.3 is 14.7 Å². The van der Waals surface area contributed by atoms with E-state index >= 15 is 0 Å². The summed E-state index contributed by atoms with van der Waals surface area (Å²) in [6.07, 6.45) is 1.67. The van der Waals surface area contributed by atoms with Crippen molar-refractivity contribution in [2.24, 2.45) is 4.99 Å². The minimum atomic E-state index is -0.285. The van der Waals surface area contributed by atoms with Crippen LogP contribution in [0.5, 0.6) is 5.75 Å². The molecule has 5 nitrogen and oxygen atoms in total. The molecule has 2 aliphatic heterocycles. The van der Waals surface area contributed by atoms with Crippen LogP contribution in [-0.4, -0.2) is 47.4 Å². The molecule has 1 saturated heterocycles. The van der Waals surface area contributed by atoms with Crippen molar-refractivity contribution in [3.05, 3.63) is 32.6 Å². The zero-order valence-corrected chi connectivity index (χ0v) is 13.7. The molecule has 116 valence electrons. The summed E-state index contributed by atoms with van der Waals surface area (Å²) in [5.74, 6) is -0.451. The van der Waals surface area contributed by atoms with Gasteiger partial charge in [-0.2, -0.15) is 4.99 Å². The van der Waals surface area contributed by atoms with Crippen molar-refractivity contribution < 1.29 is 14.6 Å². The van der Waals surface area contributed by atoms with E-state index in [0.717, 1.165) is 13.1 Å². The molecule has 1 aromatic carbocycles. The Hall–Kier alpha value is -1.21. The number of benzene rings is 1. The first-order valence-electron chi connectivity index (χ1n) is 6.58. The number of amidine groups is 1. The summed E-state index contributed by atoms with van der Waals surface area (Å²) in [7, 11) is 0. The minimum absolute atomic E-state index is 0.143. The fraction of sp³-hybridized carbons (Fsp3) is 0.286. The van der Waals surface area contributed by atoms with Crippen molar-refractivity contribution in [1.82, 2.24) is 4.90 Å². The summed E-state index contributed by atoms with van der Waals surface area (Å²) in [6.45, 7) is 2.72. The SMILES string of the molecule is O=C1N=C(N2CCOCC2)S/C1=C\c1cc(Cl)c(O)c(Cl)c1. The molecule has 0 aliphatic carbocycles. The average Bonchev–Trinajstić information content (AvgIpc) is 2.87. The highest BCUT2D eigenvalue weighted by atomic mass is 35.5. The van der Waals surface area contributed by atoms with Crippen molar-refractivity contribution in [2.45, 2.75) is 0 Å². The van der Waals surface area contributed by atoms with Crippen LogP contribution in [0.2, 0.25) is 10.0 Å². The molecule has 1 fully saturated rings. The van der Waals surface area contributed by atoms with Crippen molar-refractivity contribution in [3.63, 3.8) is 0 Å². The number of nitrogens with zero attached hydrogens (tertiary/aromatic N) is 2. The lowest BCUT2D eigenvalue weighted by atomic mass is 10.2. The number of aliphatic imine (C=N–C) groups is 1. The highest BCUT2D eigenvalue weighted by Gasteiger charge is 2.27. The van der Waals surface area contributed by atoms with Gasteiger partial charge in [0.2, 0.25) is 0 Å². The number of morpholine rings is 1. The number of carbonyl (C=O) groups is 1. The lowest BCUT2D eigenvalue weighted by molar-refractivity contribution is -0.113. The van der Waals surface area contributed by atoms with E-state index in [1.165, 1.54) is 11.8 Å². The maximum atomic E-state index is 12.0. The predicted octanol–water partition coefficient (Wildman–Crippen LogP) is 3.00. The van der Waals surface area contributed by atoms with Crippen LogP contribution in [0.15, 0.2) is 22.0 Å². The molecular formula is C14H12Cl2N2O3S. The standard InChI is InChI=1S/C14H12Cl2N2O3S/c15-9-5-8(6-10(16)12(9)19)7-11-13(20)17-14(22-11)18-1-3-21-4-2-18/h5-7,19H,1-4H2/b11-7-. The highest BCUT2D eigenvalue weighted by Crippen LogP contribution is 2.35. The van der Waals surface area contributed by atoms with Gasteiger partial charge >= 0.3 is 0 Å². The van der Waals surface area contributed by atoms with Gasteiger partial charge in [-0.25, -0.2) is 0 Å². The van der Waals surface area contributed by atoms with E-state index in [9.17, 15) is 9.90 Å². The molecule has 0 aromatic heterocycles. The number of halogens is 2. The summed E-state index contributed by atoms with van der Waals surface area (Å²) >= 11 is 13.1. The number of phenols is 1. The molecule has 3 rings (SSSR count). The maximum Gasteiger partial charge on any atom is 0.286 e. The lowest BCUT2D eigenvalue weighted by Gasteiger charge is -2.27. The number of thioether (sulfide) groups is 1. The molecule has 0 radical (unpaired) electrons. The topological polar surface area (TPSA) is 62.1 Å². The zero-order chi connectivity index (χ0) is 15.7. The normalized spacial score (nSPS) is 20.6. The summed E-state index contributed by atoms with van der Waals surface area (Å²) in [5.41, 5.74) is 0.641. The Kier molecular flexibility index (Phi) is 4.63. The molecule has 1 N–H and O–H groups in total. The highest BCUT2D eigenvalue weighted by molar-refractivity contribution is 8.18. The van der Waals surface area contributed by atoms with Gasteiger partial charge in [-0.05, 0) is 35.5 Å². The summed E-state index contributed by atoms with van der Waals surface area (Å²) in [6, 6.07) is 3.10. The molecule has 0 spiro atoms. The predicted molar refractivity (Wildman–Crippen MR) is 88.5 cm³/mol. The summed E-state index contributed by atoms with van der Waals surface area (Å²) in [5, 5.41) is 10.5. The molecule has 0 atom stereocenters. The molecule has 0 unspecified atom stereocenters. The molecule has 0 saturated carbocycles. The monoisotopic (exact) mass is 358 g/mol. The van der Waals surface area contributed by atoms with Crippen LogP contribution in [0.1, 0.15) is 5.56 Å². The Morgan fingerprint density at radius 2 is 1.91 bits per heavy atom. The van der Waals surface area contributed by atoms with Gasteiger partial charge in [-0.3, -0.25) is 4.79 Å². The number of phenolic OH excluding ortho intramolecular Hbond substituents is 1. The van der Waals surface area contributed by atoms with Crippen molar-refractivity contribution in [1.29, 1.82) is 0 Å². The number of ether oxygens (including phenoxy) is 1. The quantitative estimate of drug-likeness (QED) is 0.781. The molecule has 22 heavy (non-hydrogen) atoms. The van der Waals surface area contributed by atoms with Gasteiger partial charge in [0.15, 0.2) is 10.9 Å². The van der Waals surface area contributed by atoms with Crippen molar-refractivity contribution >= 4 is 52.1 Å². The van der Waals surface area contributed by atoms with Crippen LogP contribution in [0, 0.1) is 0 Å². The molecule has 2 heterocycles. The number of aromatic hydroxyl groups is 1. The third kappa shape index (κ3) is 3.25. The Morgan fingerprint density at radius 1 is 1.27 bits per heavy atom. The van der Waals surface area contributed by atoms with Crippen LogP contribution in [0.4, 0.5) is 0 Å². The second-order valence-corrected chi connectivity index (χ2v) is 6.57. The maximum absolute atomic E-state index is 12.0. The van der Waals surface area contributed by atoms with Gasteiger partial charge in [-0.15, -0.1) is 0 Å². The van der Waals surface area contributed by atoms with Gasteiger partial charge in [0, 0.05) is 13.1 Å². The van der Waals surface area contributed by atoms with E-state index in [-0.39, 0.29) is 21.7 Å². The smallest absolute Gasteiger partial charge is 0.286 e. The van der Waals surface area contributed by atoms with Crippen LogP contribution in [-0.2, 0) is 9.53 Å². The largest absolute Gasteiger partial charge is 0.505 e. The van der Waals surface area contributed by atoms with E-state index in [1.807, 2.05) is 4.90 Å². The van der Waals surface area contributed by atoms with E-state index in [2.05, 4.69) is 4.99 Å². The number of amides is 1. The Bertz CT molecular complexity index is 662. The van der Waals surface area contributed by atoms with E-state index in [0.29, 0.717) is 28.9 Å². The van der Waals surface area contributed by atoms with Crippen molar-refractivity contribution in [2.75, 3.05) is 26.3 Å². The molecule has 1 amide bonds. The first kappa shape index (κ1) is 15.7. The first-order chi connectivity index (χ1) is 10.5. The third-order valence-corrected chi connectivity index (χ3v) is 4.85. The minimum Gasteiger partial charge on any atom is -0.505 e. The zero-order valence-electron chi connectivity index (χ0n) is 11.4. The van der Waals surface area contributed by atoms with E-state index in [4.69, 9.17) is 27.9 Å². The van der Waals surface area contributed by atoms with Crippen LogP contribution >= 0.6 is 35.0 Å². The number of carbonyl (C=O) groups excluding carboxylic acids is 1. The third-order valence-electron chi connectivity index (χ3n) is 3.23. The van der Waals surface area contributed by atoms with E-state index < -0.39 is 0 Å². The number of rotatable bonds is 1. The Morgan fingerprint density at radius 3 is 2.55 bits per heavy atom. The Labute approximate surface area is 141 Å². The summed E-state index contributed by atoms with van der Waals surface area (Å²) < 4.78 is 5.29. The van der Waals surface area contributed by atoms with Gasteiger partial charge in [0.05, 0.1) is 28.2 Å². The number of hydrogen-bond acceptors (Lipinski definition) is 5. The molecule has 2 aliphatic rings. The fourth-order valence-electron chi connectivity index (χ4n) is 2.11. The van der Waals surface area contributed by atoms with Gasteiger partial charge in [0.1, 0.15) is 0 Å². The molecule has 8 heteroatoms. The fourth-order valence-corrected chi connectivity index (χ4v) is 3.58. The van der Waals surface area contributed by atoms with Gasteiger partial charge in [-0.1, -0.05) is 23.2 Å². The second kappa shape index (κ2) is 6.50. The molecule has 0 bridgehead atoms. The second-order valence-electron chi connectivity index (χ2n) is 4.74. The van der Waals surface area contributed by atoms with Crippen LogP contribution < -0.4 is 0 Å². The molecular weight excluding hydrogens is 347 g/mol.